The van der Waals surface area contributed by atoms with Crippen LogP contribution in [0.4, 0.5) is 0 Å². The normalized spacial score (nSPS) is 26.7. The van der Waals surface area contributed by atoms with Gasteiger partial charge >= 0.3 is 0 Å². The average Bonchev–Trinajstić information content (AvgIpc) is 3.25. The maximum atomic E-state index is 10.8. The number of hydrogen-bond acceptors (Lipinski definition) is 2. The van der Waals surface area contributed by atoms with E-state index in [4.69, 9.17) is 4.43 Å². The van der Waals surface area contributed by atoms with E-state index in [0.29, 0.717) is 22.5 Å². The molecule has 152 valence electrons. The Kier molecular flexibility index (Phi) is 8.00. The second-order valence-corrected chi connectivity index (χ2v) is 15.3. The smallest absolute Gasteiger partial charge is 0.200 e. The summed E-state index contributed by atoms with van der Waals surface area (Å²) in [6.45, 7) is 15.1. The van der Waals surface area contributed by atoms with Gasteiger partial charge < -0.3 is 9.53 Å². The van der Waals surface area contributed by atoms with Crippen molar-refractivity contribution >= 4 is 8.32 Å². The van der Waals surface area contributed by atoms with Crippen molar-refractivity contribution in [3.63, 3.8) is 0 Å². The predicted molar refractivity (Wildman–Crippen MR) is 115 cm³/mol. The van der Waals surface area contributed by atoms with Gasteiger partial charge in [-0.25, -0.2) is 0 Å². The first-order valence-corrected chi connectivity index (χ1v) is 13.4. The Morgan fingerprint density at radius 2 is 1.69 bits per heavy atom. The lowest BCUT2D eigenvalue weighted by atomic mass is 9.92. The summed E-state index contributed by atoms with van der Waals surface area (Å²) in [5.41, 5.74) is 2.97. The summed E-state index contributed by atoms with van der Waals surface area (Å²) < 4.78 is 6.65. The van der Waals surface area contributed by atoms with Gasteiger partial charge in [0.2, 0.25) is 0 Å². The maximum Gasteiger partial charge on any atom is 0.200 e. The number of hydrogen-bond donors (Lipinski definition) is 1. The van der Waals surface area contributed by atoms with Crippen molar-refractivity contribution in [3.05, 3.63) is 11.6 Å². The molecule has 2 atom stereocenters. The van der Waals surface area contributed by atoms with Crippen LogP contribution in [0.15, 0.2) is 11.6 Å². The monoisotopic (exact) mass is 380 g/mol. The minimum atomic E-state index is -1.69. The topological polar surface area (TPSA) is 29.5 Å². The molecule has 0 aliphatic heterocycles. The summed E-state index contributed by atoms with van der Waals surface area (Å²) in [7, 11) is -1.69. The molecule has 0 aromatic rings. The predicted octanol–water partition coefficient (Wildman–Crippen LogP) is 6.99. The Bertz CT molecular complexity index is 447. The van der Waals surface area contributed by atoms with Gasteiger partial charge in [0.25, 0.3) is 0 Å². The highest BCUT2D eigenvalue weighted by molar-refractivity contribution is 6.77. The summed E-state index contributed by atoms with van der Waals surface area (Å²) in [6, 6.07) is 0. The van der Waals surface area contributed by atoms with Gasteiger partial charge in [0.1, 0.15) is 0 Å². The van der Waals surface area contributed by atoms with Gasteiger partial charge in [0.15, 0.2) is 8.32 Å². The molecule has 2 rings (SSSR count). The summed E-state index contributed by atoms with van der Waals surface area (Å²) in [5.74, 6) is 0.531. The van der Waals surface area contributed by atoms with Crippen LogP contribution in [0.3, 0.4) is 0 Å². The SMILES string of the molecule is CC(C)[Si](OCCCCC[C@@H]1C[C@]1(O)C1=CCCCC1)(C(C)C)C(C)C. The van der Waals surface area contributed by atoms with E-state index in [0.717, 1.165) is 19.4 Å². The van der Waals surface area contributed by atoms with Crippen LogP contribution in [0.1, 0.15) is 99.3 Å². The van der Waals surface area contributed by atoms with E-state index in [-0.39, 0.29) is 0 Å². The van der Waals surface area contributed by atoms with Crippen molar-refractivity contribution in [2.75, 3.05) is 6.61 Å². The Morgan fingerprint density at radius 1 is 1.04 bits per heavy atom. The molecular weight excluding hydrogens is 336 g/mol. The van der Waals surface area contributed by atoms with Crippen molar-refractivity contribution < 1.29 is 9.53 Å². The van der Waals surface area contributed by atoms with E-state index in [1.165, 1.54) is 50.5 Å². The van der Waals surface area contributed by atoms with Crippen molar-refractivity contribution in [2.45, 2.75) is 122 Å². The molecule has 0 saturated heterocycles. The van der Waals surface area contributed by atoms with Crippen LogP contribution >= 0.6 is 0 Å². The minimum absolute atomic E-state index is 0.411. The first-order valence-electron chi connectivity index (χ1n) is 11.3. The summed E-state index contributed by atoms with van der Waals surface area (Å²) in [5, 5.41) is 10.8. The summed E-state index contributed by atoms with van der Waals surface area (Å²) in [4.78, 5) is 0. The van der Waals surface area contributed by atoms with E-state index < -0.39 is 13.9 Å². The van der Waals surface area contributed by atoms with Crippen molar-refractivity contribution in [3.8, 4) is 0 Å². The van der Waals surface area contributed by atoms with E-state index in [1.807, 2.05) is 0 Å². The fourth-order valence-corrected chi connectivity index (χ4v) is 11.2. The Morgan fingerprint density at radius 3 is 2.23 bits per heavy atom. The molecule has 2 aliphatic rings. The minimum Gasteiger partial charge on any atom is -0.416 e. The van der Waals surface area contributed by atoms with Crippen LogP contribution < -0.4 is 0 Å². The van der Waals surface area contributed by atoms with Gasteiger partial charge in [-0.05, 0) is 73.1 Å². The maximum absolute atomic E-state index is 10.8. The zero-order chi connectivity index (χ0) is 19.4. The molecule has 0 heterocycles. The van der Waals surface area contributed by atoms with Gasteiger partial charge in [-0.15, -0.1) is 0 Å². The van der Waals surface area contributed by atoms with E-state index in [9.17, 15) is 5.11 Å². The molecule has 0 unspecified atom stereocenters. The molecule has 1 N–H and O–H groups in total. The van der Waals surface area contributed by atoms with E-state index >= 15 is 0 Å². The molecule has 0 radical (unpaired) electrons. The van der Waals surface area contributed by atoms with Gasteiger partial charge in [0, 0.05) is 6.61 Å². The molecule has 2 nitrogen and oxygen atoms in total. The quantitative estimate of drug-likeness (QED) is 0.238. The molecular formula is C23H44O2Si. The molecule has 0 amide bonds. The van der Waals surface area contributed by atoms with E-state index in [1.54, 1.807) is 0 Å². The molecule has 0 aromatic carbocycles. The lowest BCUT2D eigenvalue weighted by Crippen LogP contribution is -2.47. The molecule has 1 saturated carbocycles. The van der Waals surface area contributed by atoms with Crippen LogP contribution in [0.25, 0.3) is 0 Å². The third-order valence-corrected chi connectivity index (χ3v) is 13.3. The second kappa shape index (κ2) is 9.38. The lowest BCUT2D eigenvalue weighted by molar-refractivity contribution is 0.159. The molecule has 0 spiro atoms. The van der Waals surface area contributed by atoms with Crippen LogP contribution in [0, 0.1) is 5.92 Å². The number of aliphatic hydroxyl groups is 1. The third-order valence-electron chi connectivity index (χ3n) is 7.18. The van der Waals surface area contributed by atoms with E-state index in [2.05, 4.69) is 47.6 Å². The van der Waals surface area contributed by atoms with Gasteiger partial charge in [-0.3, -0.25) is 0 Å². The number of rotatable bonds is 11. The molecule has 0 aromatic heterocycles. The molecule has 0 bridgehead atoms. The Balaban J connectivity index is 1.67. The highest BCUT2D eigenvalue weighted by Crippen LogP contribution is 2.53. The van der Waals surface area contributed by atoms with Crippen molar-refractivity contribution in [1.29, 1.82) is 0 Å². The average molecular weight is 381 g/mol. The molecule has 1 fully saturated rings. The van der Waals surface area contributed by atoms with Crippen LogP contribution in [0.2, 0.25) is 16.6 Å². The fraction of sp³-hybridized carbons (Fsp3) is 0.913. The summed E-state index contributed by atoms with van der Waals surface area (Å²) in [6.07, 6.45) is 13.1. The summed E-state index contributed by atoms with van der Waals surface area (Å²) >= 11 is 0. The van der Waals surface area contributed by atoms with Gasteiger partial charge in [-0.2, -0.15) is 0 Å². The molecule has 3 heteroatoms. The highest BCUT2D eigenvalue weighted by atomic mass is 28.4. The third kappa shape index (κ3) is 4.83. The zero-order valence-electron chi connectivity index (χ0n) is 18.3. The number of allylic oxidation sites excluding steroid dienone is 1. The first-order chi connectivity index (χ1) is 12.2. The lowest BCUT2D eigenvalue weighted by Gasteiger charge is -2.42. The highest BCUT2D eigenvalue weighted by Gasteiger charge is 2.54. The van der Waals surface area contributed by atoms with Crippen LogP contribution in [0.5, 0.6) is 0 Å². The second-order valence-electron chi connectivity index (χ2n) is 9.82. The van der Waals surface area contributed by atoms with Gasteiger partial charge in [0.05, 0.1) is 5.60 Å². The van der Waals surface area contributed by atoms with Gasteiger partial charge in [-0.1, -0.05) is 60.5 Å². The molecule has 2 aliphatic carbocycles. The Labute approximate surface area is 163 Å². The van der Waals surface area contributed by atoms with Crippen LogP contribution in [-0.4, -0.2) is 25.6 Å². The Hall–Kier alpha value is -0.123. The fourth-order valence-electron chi connectivity index (χ4n) is 5.70. The standard InChI is InChI=1S/C23H44O2Si/c1-18(2)26(19(3)4,20(5)6)25-16-12-8-11-15-22-17-23(22,24)21-13-9-7-10-14-21/h13,18-20,22,24H,7-12,14-17H2,1-6H3/t22-,23+/m1/s1. The largest absolute Gasteiger partial charge is 0.416 e. The van der Waals surface area contributed by atoms with Crippen molar-refractivity contribution in [1.82, 2.24) is 0 Å². The zero-order valence-corrected chi connectivity index (χ0v) is 19.3. The van der Waals surface area contributed by atoms with Crippen molar-refractivity contribution in [2.24, 2.45) is 5.92 Å². The number of unbranched alkanes of at least 4 members (excludes halogenated alkanes) is 2. The van der Waals surface area contributed by atoms with Crippen LogP contribution in [-0.2, 0) is 4.43 Å². The first kappa shape index (κ1) is 22.2. The molecule has 26 heavy (non-hydrogen) atoms.